The average Bonchev–Trinajstić information content (AvgIpc) is 3.24. The highest BCUT2D eigenvalue weighted by molar-refractivity contribution is 6.00. The van der Waals surface area contributed by atoms with Crippen molar-refractivity contribution in [1.82, 2.24) is 10.2 Å². The molecule has 1 saturated heterocycles. The summed E-state index contributed by atoms with van der Waals surface area (Å²) in [6.07, 6.45) is 7.90. The molecule has 5 rings (SSSR count). The Bertz CT molecular complexity index is 1170. The van der Waals surface area contributed by atoms with Crippen molar-refractivity contribution in [3.05, 3.63) is 132 Å². The molecular weight excluding hydrogens is 408 g/mol. The molecule has 2 aliphatic rings. The summed E-state index contributed by atoms with van der Waals surface area (Å²) in [5, 5.41) is 3.12. The van der Waals surface area contributed by atoms with Gasteiger partial charge >= 0.3 is 0 Å². The second-order valence-electron chi connectivity index (χ2n) is 8.50. The quantitative estimate of drug-likeness (QED) is 0.571. The molecular formula is C29H26N2O2. The molecule has 164 valence electrons. The number of nitrogens with zero attached hydrogens (tertiary/aromatic N) is 1. The Labute approximate surface area is 194 Å². The summed E-state index contributed by atoms with van der Waals surface area (Å²) < 4.78 is 0. The van der Waals surface area contributed by atoms with Crippen LogP contribution in [0.5, 0.6) is 0 Å². The van der Waals surface area contributed by atoms with Crippen molar-refractivity contribution in [1.29, 1.82) is 0 Å². The first-order valence-corrected chi connectivity index (χ1v) is 11.3. The molecule has 1 amide bonds. The number of amides is 1. The Balaban J connectivity index is 1.53. The predicted octanol–water partition coefficient (Wildman–Crippen LogP) is 4.72. The second kappa shape index (κ2) is 9.29. The Hall–Kier alpha value is -3.92. The Morgan fingerprint density at radius 2 is 1.42 bits per heavy atom. The SMILES string of the molecule is O=C(c1ccccc1)C1C(c2ccccc2)C(C(=O)NCc2ccccc2)N2C=CC=CC12. The van der Waals surface area contributed by atoms with Gasteiger partial charge in [-0.3, -0.25) is 9.59 Å². The maximum Gasteiger partial charge on any atom is 0.243 e. The third-order valence-electron chi connectivity index (χ3n) is 6.56. The van der Waals surface area contributed by atoms with Gasteiger partial charge in [0.2, 0.25) is 5.91 Å². The summed E-state index contributed by atoms with van der Waals surface area (Å²) >= 11 is 0. The second-order valence-corrected chi connectivity index (χ2v) is 8.50. The number of ketones is 1. The lowest BCUT2D eigenvalue weighted by Crippen LogP contribution is -2.45. The van der Waals surface area contributed by atoms with Crippen molar-refractivity contribution < 1.29 is 9.59 Å². The van der Waals surface area contributed by atoms with Gasteiger partial charge in [0.25, 0.3) is 0 Å². The van der Waals surface area contributed by atoms with Crippen LogP contribution < -0.4 is 5.32 Å². The van der Waals surface area contributed by atoms with Crippen molar-refractivity contribution in [2.24, 2.45) is 5.92 Å². The van der Waals surface area contributed by atoms with Gasteiger partial charge in [0.05, 0.1) is 12.0 Å². The molecule has 4 heteroatoms. The van der Waals surface area contributed by atoms with Crippen LogP contribution in [0.15, 0.2) is 115 Å². The smallest absolute Gasteiger partial charge is 0.243 e. The highest BCUT2D eigenvalue weighted by Crippen LogP contribution is 2.45. The maximum absolute atomic E-state index is 13.8. The largest absolute Gasteiger partial charge is 0.358 e. The van der Waals surface area contributed by atoms with Crippen molar-refractivity contribution in [2.75, 3.05) is 0 Å². The van der Waals surface area contributed by atoms with Gasteiger partial charge in [0.15, 0.2) is 5.78 Å². The number of allylic oxidation sites excluding steroid dienone is 2. The summed E-state index contributed by atoms with van der Waals surface area (Å²) in [4.78, 5) is 29.5. The summed E-state index contributed by atoms with van der Waals surface area (Å²) in [7, 11) is 0. The van der Waals surface area contributed by atoms with E-state index in [1.165, 1.54) is 0 Å². The van der Waals surface area contributed by atoms with E-state index < -0.39 is 6.04 Å². The molecule has 0 aromatic heterocycles. The molecule has 33 heavy (non-hydrogen) atoms. The Kier molecular flexibility index (Phi) is 5.90. The summed E-state index contributed by atoms with van der Waals surface area (Å²) in [6.45, 7) is 0.451. The number of hydrogen-bond acceptors (Lipinski definition) is 3. The van der Waals surface area contributed by atoms with Crippen LogP contribution in [0.3, 0.4) is 0 Å². The highest BCUT2D eigenvalue weighted by atomic mass is 16.2. The van der Waals surface area contributed by atoms with E-state index in [4.69, 9.17) is 0 Å². The maximum atomic E-state index is 13.8. The molecule has 3 aromatic rings. The molecule has 4 nitrogen and oxygen atoms in total. The van der Waals surface area contributed by atoms with Crippen molar-refractivity contribution in [2.45, 2.75) is 24.5 Å². The van der Waals surface area contributed by atoms with Crippen LogP contribution in [0, 0.1) is 5.92 Å². The van der Waals surface area contributed by atoms with Crippen LogP contribution in [0.2, 0.25) is 0 Å². The first-order valence-electron chi connectivity index (χ1n) is 11.3. The fourth-order valence-corrected chi connectivity index (χ4v) is 5.07. The molecule has 0 spiro atoms. The fourth-order valence-electron chi connectivity index (χ4n) is 5.07. The van der Waals surface area contributed by atoms with E-state index in [9.17, 15) is 9.59 Å². The van der Waals surface area contributed by atoms with Crippen LogP contribution in [0.25, 0.3) is 0 Å². The minimum Gasteiger partial charge on any atom is -0.358 e. The molecule has 2 heterocycles. The number of carbonyl (C=O) groups excluding carboxylic acids is 2. The summed E-state index contributed by atoms with van der Waals surface area (Å²) in [6, 6.07) is 28.6. The van der Waals surface area contributed by atoms with Crippen LogP contribution in [0.4, 0.5) is 0 Å². The number of fused-ring (bicyclic) bond motifs is 1. The van der Waals surface area contributed by atoms with E-state index in [0.717, 1.165) is 11.1 Å². The van der Waals surface area contributed by atoms with Crippen LogP contribution in [-0.4, -0.2) is 28.7 Å². The van der Waals surface area contributed by atoms with Gasteiger partial charge in [0, 0.05) is 24.2 Å². The van der Waals surface area contributed by atoms with Gasteiger partial charge in [-0.05, 0) is 17.2 Å². The zero-order chi connectivity index (χ0) is 22.6. The lowest BCUT2D eigenvalue weighted by Gasteiger charge is -2.30. The highest BCUT2D eigenvalue weighted by Gasteiger charge is 2.53. The molecule has 1 fully saturated rings. The summed E-state index contributed by atoms with van der Waals surface area (Å²) in [5.41, 5.74) is 2.72. The average molecular weight is 435 g/mol. The lowest BCUT2D eigenvalue weighted by atomic mass is 9.77. The van der Waals surface area contributed by atoms with Crippen molar-refractivity contribution in [3.8, 4) is 0 Å². The van der Waals surface area contributed by atoms with Gasteiger partial charge in [-0.25, -0.2) is 0 Å². The molecule has 4 unspecified atom stereocenters. The van der Waals surface area contributed by atoms with Crippen LogP contribution in [-0.2, 0) is 11.3 Å². The van der Waals surface area contributed by atoms with Crippen LogP contribution >= 0.6 is 0 Å². The molecule has 3 aromatic carbocycles. The molecule has 0 radical (unpaired) electrons. The number of hydrogen-bond donors (Lipinski definition) is 1. The number of Topliss-reactive ketones (excluding diaryl/α,β-unsaturated/α-hetero) is 1. The molecule has 0 aliphatic carbocycles. The van der Waals surface area contributed by atoms with Gasteiger partial charge in [-0.1, -0.05) is 103 Å². The molecule has 0 saturated carbocycles. The number of carbonyl (C=O) groups is 2. The molecule has 0 bridgehead atoms. The lowest BCUT2D eigenvalue weighted by molar-refractivity contribution is -0.125. The minimum absolute atomic E-state index is 0.0674. The minimum atomic E-state index is -0.486. The van der Waals surface area contributed by atoms with Crippen LogP contribution in [0.1, 0.15) is 27.4 Å². The van der Waals surface area contributed by atoms with Gasteiger partial charge in [-0.2, -0.15) is 0 Å². The van der Waals surface area contributed by atoms with Gasteiger partial charge in [-0.15, -0.1) is 0 Å². The Morgan fingerprint density at radius 3 is 2.12 bits per heavy atom. The first-order chi connectivity index (χ1) is 16.2. The topological polar surface area (TPSA) is 49.4 Å². The van der Waals surface area contributed by atoms with E-state index in [-0.39, 0.29) is 29.6 Å². The van der Waals surface area contributed by atoms with Crippen molar-refractivity contribution in [3.63, 3.8) is 0 Å². The first kappa shape index (κ1) is 21.0. The molecule has 1 N–H and O–H groups in total. The van der Waals surface area contributed by atoms with Crippen molar-refractivity contribution >= 4 is 11.7 Å². The zero-order valence-electron chi connectivity index (χ0n) is 18.2. The fraction of sp³-hybridized carbons (Fsp3) is 0.172. The monoisotopic (exact) mass is 434 g/mol. The summed E-state index contributed by atoms with van der Waals surface area (Å²) in [5.74, 6) is -0.644. The number of nitrogens with one attached hydrogen (secondary N) is 1. The van der Waals surface area contributed by atoms with E-state index in [2.05, 4.69) is 10.2 Å². The number of benzene rings is 3. The van der Waals surface area contributed by atoms with Gasteiger partial charge in [0.1, 0.15) is 6.04 Å². The Morgan fingerprint density at radius 1 is 0.788 bits per heavy atom. The standard InChI is InChI=1S/C29H26N2O2/c32-28(23-16-8-3-9-17-23)26-24-18-10-11-19-31(24)27(25(26)22-14-6-2-7-15-22)29(33)30-20-21-12-4-1-5-13-21/h1-19,24-27H,20H2,(H,30,33). The third kappa shape index (κ3) is 4.12. The zero-order valence-corrected chi connectivity index (χ0v) is 18.2. The van der Waals surface area contributed by atoms with E-state index in [0.29, 0.717) is 12.1 Å². The van der Waals surface area contributed by atoms with E-state index in [1.807, 2.05) is 115 Å². The third-order valence-corrected chi connectivity index (χ3v) is 6.56. The van der Waals surface area contributed by atoms with E-state index in [1.54, 1.807) is 0 Å². The normalized spacial score (nSPS) is 23.2. The van der Waals surface area contributed by atoms with E-state index >= 15 is 0 Å². The van der Waals surface area contributed by atoms with Gasteiger partial charge < -0.3 is 10.2 Å². The number of rotatable bonds is 6. The predicted molar refractivity (Wildman–Crippen MR) is 129 cm³/mol. The molecule has 4 atom stereocenters. The molecule has 2 aliphatic heterocycles.